The van der Waals surface area contributed by atoms with Crippen molar-refractivity contribution in [2.24, 2.45) is 0 Å². The Morgan fingerprint density at radius 1 is 1.22 bits per heavy atom. The smallest absolute Gasteiger partial charge is 0.223 e. The lowest BCUT2D eigenvalue weighted by atomic mass is 10.1. The minimum atomic E-state index is 0.669. The van der Waals surface area contributed by atoms with Crippen molar-refractivity contribution in [1.82, 2.24) is 4.98 Å². The van der Waals surface area contributed by atoms with Crippen LogP contribution in [0.2, 0.25) is 0 Å². The number of rotatable bonds is 3. The number of aryl methyl sites for hydroxylation is 2. The second-order valence-electron chi connectivity index (χ2n) is 4.41. The predicted molar refractivity (Wildman–Crippen MR) is 77.6 cm³/mol. The van der Waals surface area contributed by atoms with E-state index in [1.165, 1.54) is 11.1 Å². The predicted octanol–water partition coefficient (Wildman–Crippen LogP) is 4.69. The summed E-state index contributed by atoms with van der Waals surface area (Å²) in [7, 11) is 0. The van der Waals surface area contributed by atoms with Gasteiger partial charge in [-0.1, -0.05) is 28.1 Å². The van der Waals surface area contributed by atoms with Gasteiger partial charge in [-0.25, -0.2) is 4.98 Å². The van der Waals surface area contributed by atoms with Crippen LogP contribution in [0.5, 0.6) is 11.6 Å². The molecule has 0 atom stereocenters. The third kappa shape index (κ3) is 2.72. The average Bonchev–Trinajstić information content (AvgIpc) is 2.36. The number of aromatic nitrogens is 1. The number of hydrogen-bond acceptors (Lipinski definition) is 2. The molecule has 2 rings (SSSR count). The van der Waals surface area contributed by atoms with Crippen LogP contribution in [0.15, 0.2) is 30.5 Å². The zero-order valence-corrected chi connectivity index (χ0v) is 12.4. The summed E-state index contributed by atoms with van der Waals surface area (Å²) in [6.07, 6.45) is 1.75. The van der Waals surface area contributed by atoms with E-state index in [-0.39, 0.29) is 0 Å². The van der Waals surface area contributed by atoms with Gasteiger partial charge < -0.3 is 4.74 Å². The third-order valence-electron chi connectivity index (χ3n) is 2.96. The Bertz CT molecular complexity index is 566. The molecular weight excluding hydrogens is 290 g/mol. The molecule has 2 aromatic rings. The highest BCUT2D eigenvalue weighted by atomic mass is 79.9. The molecule has 0 amide bonds. The molecule has 0 bridgehead atoms. The van der Waals surface area contributed by atoms with Gasteiger partial charge in [-0.05, 0) is 49.6 Å². The highest BCUT2D eigenvalue weighted by molar-refractivity contribution is 9.08. The van der Waals surface area contributed by atoms with Crippen LogP contribution in [0.25, 0.3) is 0 Å². The zero-order valence-electron chi connectivity index (χ0n) is 10.8. The van der Waals surface area contributed by atoms with E-state index in [2.05, 4.69) is 53.8 Å². The number of benzene rings is 1. The minimum absolute atomic E-state index is 0.669. The van der Waals surface area contributed by atoms with Crippen molar-refractivity contribution in [2.75, 3.05) is 0 Å². The number of alkyl halides is 1. The lowest BCUT2D eigenvalue weighted by Crippen LogP contribution is -1.96. The molecule has 0 saturated carbocycles. The van der Waals surface area contributed by atoms with E-state index in [9.17, 15) is 0 Å². The molecule has 0 N–H and O–H groups in total. The Kier molecular flexibility index (Phi) is 4.02. The summed E-state index contributed by atoms with van der Waals surface area (Å²) in [5.41, 5.74) is 4.65. The summed E-state index contributed by atoms with van der Waals surface area (Å²) >= 11 is 3.45. The Morgan fingerprint density at radius 2 is 2.00 bits per heavy atom. The van der Waals surface area contributed by atoms with Crippen LogP contribution in [-0.2, 0) is 5.33 Å². The van der Waals surface area contributed by atoms with Crippen molar-refractivity contribution in [3.8, 4) is 11.6 Å². The van der Waals surface area contributed by atoms with E-state index in [4.69, 9.17) is 4.74 Å². The first-order valence-corrected chi connectivity index (χ1v) is 6.99. The van der Waals surface area contributed by atoms with Crippen LogP contribution in [0.1, 0.15) is 22.3 Å². The maximum Gasteiger partial charge on any atom is 0.223 e. The van der Waals surface area contributed by atoms with Crippen LogP contribution in [-0.4, -0.2) is 4.98 Å². The van der Waals surface area contributed by atoms with E-state index < -0.39 is 0 Å². The van der Waals surface area contributed by atoms with Gasteiger partial charge in [0.2, 0.25) is 5.88 Å². The molecule has 0 aliphatic carbocycles. The van der Waals surface area contributed by atoms with E-state index in [0.717, 1.165) is 22.2 Å². The summed E-state index contributed by atoms with van der Waals surface area (Å²) < 4.78 is 5.95. The topological polar surface area (TPSA) is 22.1 Å². The number of pyridine rings is 1. The molecule has 1 aromatic heterocycles. The molecule has 1 aromatic carbocycles. The summed E-state index contributed by atoms with van der Waals surface area (Å²) in [6.45, 7) is 6.24. The van der Waals surface area contributed by atoms with Gasteiger partial charge in [-0.3, -0.25) is 0 Å². The van der Waals surface area contributed by atoms with Crippen molar-refractivity contribution in [3.63, 3.8) is 0 Å². The normalized spacial score (nSPS) is 10.4. The van der Waals surface area contributed by atoms with Gasteiger partial charge in [-0.2, -0.15) is 0 Å². The molecule has 0 aliphatic rings. The maximum absolute atomic E-state index is 5.95. The van der Waals surface area contributed by atoms with E-state index >= 15 is 0 Å². The number of hydrogen-bond donors (Lipinski definition) is 0. The number of halogens is 1. The second kappa shape index (κ2) is 5.53. The summed E-state index contributed by atoms with van der Waals surface area (Å²) in [4.78, 5) is 4.29. The first-order chi connectivity index (χ1) is 8.61. The number of ether oxygens (including phenoxy) is 1. The summed E-state index contributed by atoms with van der Waals surface area (Å²) in [6, 6.07) is 8.13. The van der Waals surface area contributed by atoms with Crippen molar-refractivity contribution < 1.29 is 4.74 Å². The first kappa shape index (κ1) is 13.1. The van der Waals surface area contributed by atoms with Gasteiger partial charge in [-0.15, -0.1) is 0 Å². The van der Waals surface area contributed by atoms with Gasteiger partial charge in [0.25, 0.3) is 0 Å². The highest BCUT2D eigenvalue weighted by Gasteiger charge is 2.09. The monoisotopic (exact) mass is 305 g/mol. The molecule has 18 heavy (non-hydrogen) atoms. The van der Waals surface area contributed by atoms with Crippen molar-refractivity contribution in [1.29, 1.82) is 0 Å². The lowest BCUT2D eigenvalue weighted by Gasteiger charge is -2.13. The zero-order chi connectivity index (χ0) is 13.1. The summed E-state index contributed by atoms with van der Waals surface area (Å²) in [5.74, 6) is 1.55. The number of nitrogens with zero attached hydrogens (tertiary/aromatic N) is 1. The second-order valence-corrected chi connectivity index (χ2v) is 4.97. The van der Waals surface area contributed by atoms with Gasteiger partial charge in [0, 0.05) is 17.1 Å². The molecule has 0 aliphatic heterocycles. The van der Waals surface area contributed by atoms with Gasteiger partial charge in [0.1, 0.15) is 5.75 Å². The first-order valence-electron chi connectivity index (χ1n) is 5.87. The van der Waals surface area contributed by atoms with Crippen LogP contribution in [0.3, 0.4) is 0 Å². The maximum atomic E-state index is 5.95. The van der Waals surface area contributed by atoms with Gasteiger partial charge in [0.05, 0.1) is 0 Å². The fourth-order valence-corrected chi connectivity index (χ4v) is 2.26. The standard InChI is InChI=1S/C15H16BrNO/c1-10-7-11(2)12(3)14(8-10)18-15-13(9-16)5-4-6-17-15/h4-8H,9H2,1-3H3. The largest absolute Gasteiger partial charge is 0.438 e. The van der Waals surface area contributed by atoms with Crippen LogP contribution >= 0.6 is 15.9 Å². The van der Waals surface area contributed by atoms with Crippen LogP contribution in [0, 0.1) is 20.8 Å². The molecule has 1 heterocycles. The SMILES string of the molecule is Cc1cc(C)c(C)c(Oc2ncccc2CBr)c1. The van der Waals surface area contributed by atoms with Crippen molar-refractivity contribution in [3.05, 3.63) is 52.7 Å². The fraction of sp³-hybridized carbons (Fsp3) is 0.267. The van der Waals surface area contributed by atoms with Crippen LogP contribution < -0.4 is 4.74 Å². The van der Waals surface area contributed by atoms with Gasteiger partial charge in [0.15, 0.2) is 0 Å². The van der Waals surface area contributed by atoms with Gasteiger partial charge >= 0.3 is 0 Å². The van der Waals surface area contributed by atoms with E-state index in [1.807, 2.05) is 12.1 Å². The molecule has 0 radical (unpaired) electrons. The van der Waals surface area contributed by atoms with E-state index in [0.29, 0.717) is 5.88 Å². The molecule has 2 nitrogen and oxygen atoms in total. The molecule has 0 saturated heterocycles. The minimum Gasteiger partial charge on any atom is -0.438 e. The van der Waals surface area contributed by atoms with Crippen molar-refractivity contribution in [2.45, 2.75) is 26.1 Å². The highest BCUT2D eigenvalue weighted by Crippen LogP contribution is 2.29. The third-order valence-corrected chi connectivity index (χ3v) is 3.57. The van der Waals surface area contributed by atoms with E-state index in [1.54, 1.807) is 6.20 Å². The average molecular weight is 306 g/mol. The Balaban J connectivity index is 2.40. The Labute approximate surface area is 116 Å². The molecule has 0 spiro atoms. The summed E-state index contributed by atoms with van der Waals surface area (Å²) in [5, 5.41) is 0.736. The Hall–Kier alpha value is -1.35. The molecule has 94 valence electrons. The molecule has 0 fully saturated rings. The molecule has 0 unspecified atom stereocenters. The molecule has 3 heteroatoms. The quantitative estimate of drug-likeness (QED) is 0.767. The lowest BCUT2D eigenvalue weighted by molar-refractivity contribution is 0.454. The van der Waals surface area contributed by atoms with Crippen molar-refractivity contribution >= 4 is 15.9 Å². The fourth-order valence-electron chi connectivity index (χ4n) is 1.83. The van der Waals surface area contributed by atoms with Crippen LogP contribution in [0.4, 0.5) is 0 Å². The Morgan fingerprint density at radius 3 is 2.72 bits per heavy atom. The molecular formula is C15H16BrNO.